The Balaban J connectivity index is 1.29. The molecule has 0 saturated carbocycles. The number of rotatable bonds is 7. The molecule has 0 aliphatic carbocycles. The van der Waals surface area contributed by atoms with E-state index in [1.165, 1.54) is 10.6 Å². The van der Waals surface area contributed by atoms with E-state index in [9.17, 15) is 18.3 Å². The van der Waals surface area contributed by atoms with Crippen molar-refractivity contribution in [3.8, 4) is 23.1 Å². The number of fused-ring (bicyclic) bond motifs is 2. The molecule has 1 saturated heterocycles. The second kappa shape index (κ2) is 13.0. The number of aromatic nitrogens is 2. The summed E-state index contributed by atoms with van der Waals surface area (Å²) < 4.78 is 34.0. The van der Waals surface area contributed by atoms with Crippen LogP contribution >= 0.6 is 11.6 Å². The number of carboxylic acid groups (broad SMARTS) is 1. The highest BCUT2D eigenvalue weighted by atomic mass is 35.5. The first-order valence-corrected chi connectivity index (χ1v) is 17.1. The molecule has 2 aromatic carbocycles. The number of nitrogens with one attached hydrogen (secondary N) is 1. The van der Waals surface area contributed by atoms with Crippen molar-refractivity contribution in [1.82, 2.24) is 24.3 Å². The van der Waals surface area contributed by atoms with E-state index in [2.05, 4.69) is 26.7 Å². The smallest absolute Gasteiger partial charge is 0.325 e. The summed E-state index contributed by atoms with van der Waals surface area (Å²) in [4.78, 5) is 14.0. The largest absolute Gasteiger partial charge is 0.480 e. The van der Waals surface area contributed by atoms with Crippen molar-refractivity contribution in [2.75, 3.05) is 52.2 Å². The van der Waals surface area contributed by atoms with E-state index in [-0.39, 0.29) is 6.54 Å². The number of carboxylic acids is 1. The van der Waals surface area contributed by atoms with Crippen molar-refractivity contribution >= 4 is 27.6 Å². The van der Waals surface area contributed by atoms with Crippen LogP contribution < -0.4 is 5.32 Å². The van der Waals surface area contributed by atoms with E-state index in [0.29, 0.717) is 30.1 Å². The first-order chi connectivity index (χ1) is 21.2. The van der Waals surface area contributed by atoms with Crippen LogP contribution in [0.25, 0.3) is 11.3 Å². The highest BCUT2D eigenvalue weighted by molar-refractivity contribution is 7.88. The van der Waals surface area contributed by atoms with E-state index in [1.54, 1.807) is 6.07 Å². The molecule has 1 fully saturated rings. The van der Waals surface area contributed by atoms with E-state index in [0.717, 1.165) is 91.4 Å². The highest BCUT2D eigenvalue weighted by Crippen LogP contribution is 2.33. The minimum Gasteiger partial charge on any atom is -0.480 e. The molecule has 44 heavy (non-hydrogen) atoms. The summed E-state index contributed by atoms with van der Waals surface area (Å²) in [5, 5.41) is 18.1. The Kier molecular flexibility index (Phi) is 9.10. The maximum Gasteiger partial charge on any atom is 0.325 e. The lowest BCUT2D eigenvalue weighted by Crippen LogP contribution is -2.37. The molecule has 6 rings (SSSR count). The zero-order chi connectivity index (χ0) is 30.8. The molecule has 0 spiro atoms. The third-order valence-electron chi connectivity index (χ3n) is 8.54. The number of ether oxygens (including phenoxy) is 1. The van der Waals surface area contributed by atoms with Gasteiger partial charge in [0.15, 0.2) is 0 Å². The predicted octanol–water partition coefficient (Wildman–Crippen LogP) is 2.91. The van der Waals surface area contributed by atoms with Gasteiger partial charge >= 0.3 is 5.97 Å². The molecule has 10 nitrogen and oxygen atoms in total. The van der Waals surface area contributed by atoms with E-state index < -0.39 is 22.0 Å². The van der Waals surface area contributed by atoms with Crippen molar-refractivity contribution < 1.29 is 23.1 Å². The monoisotopic (exact) mass is 637 g/mol. The zero-order valence-corrected chi connectivity index (χ0v) is 26.3. The van der Waals surface area contributed by atoms with Crippen LogP contribution in [0, 0.1) is 11.8 Å². The van der Waals surface area contributed by atoms with Crippen LogP contribution in [0.3, 0.4) is 0 Å². The molecule has 1 unspecified atom stereocenters. The number of aliphatic carboxylic acids is 1. The van der Waals surface area contributed by atoms with Crippen LogP contribution in [-0.4, -0.2) is 90.7 Å². The van der Waals surface area contributed by atoms with Crippen molar-refractivity contribution in [2.24, 2.45) is 0 Å². The number of halogens is 1. The Bertz CT molecular complexity index is 1740. The number of hydrogen-bond acceptors (Lipinski definition) is 7. The molecule has 1 atom stereocenters. The molecule has 0 amide bonds. The van der Waals surface area contributed by atoms with Gasteiger partial charge in [0.25, 0.3) is 0 Å². The van der Waals surface area contributed by atoms with Gasteiger partial charge in [0.05, 0.1) is 30.2 Å². The number of nitrogens with zero attached hydrogens (tertiary/aromatic N) is 4. The van der Waals surface area contributed by atoms with Gasteiger partial charge in [-0.25, -0.2) is 8.42 Å². The van der Waals surface area contributed by atoms with Crippen LogP contribution in [0.2, 0.25) is 5.02 Å². The molecular weight excluding hydrogens is 602 g/mol. The van der Waals surface area contributed by atoms with Crippen LogP contribution in [0.4, 0.5) is 0 Å². The highest BCUT2D eigenvalue weighted by Gasteiger charge is 2.30. The van der Waals surface area contributed by atoms with Crippen LogP contribution in [0.5, 0.6) is 0 Å². The molecule has 2 N–H and O–H groups in total. The Hall–Kier alpha value is -3.24. The lowest BCUT2D eigenvalue weighted by molar-refractivity contribution is -0.139. The SMILES string of the molecule is CS(=O)(=O)N1CCc2c(c(-c3ccc(Cl)c(C#Cc4ccc5c(c4)CCNC5C(=O)O)c3)nn2CCCN2CCOCC2)C1. The average molecular weight is 638 g/mol. The van der Waals surface area contributed by atoms with E-state index in [4.69, 9.17) is 21.4 Å². The van der Waals surface area contributed by atoms with Gasteiger partial charge in [0, 0.05) is 80.2 Å². The van der Waals surface area contributed by atoms with E-state index in [1.807, 2.05) is 30.3 Å². The molecule has 3 aromatic rings. The molecule has 3 aliphatic heterocycles. The Morgan fingerprint density at radius 3 is 2.70 bits per heavy atom. The van der Waals surface area contributed by atoms with Crippen molar-refractivity contribution in [1.29, 1.82) is 0 Å². The summed E-state index contributed by atoms with van der Waals surface area (Å²) in [6.45, 7) is 6.40. The summed E-state index contributed by atoms with van der Waals surface area (Å²) in [6, 6.07) is 10.5. The third kappa shape index (κ3) is 6.71. The lowest BCUT2D eigenvalue weighted by Gasteiger charge is -2.27. The number of hydrogen-bond donors (Lipinski definition) is 2. The van der Waals surface area contributed by atoms with Crippen molar-refractivity contribution in [2.45, 2.75) is 38.4 Å². The molecule has 232 valence electrons. The topological polar surface area (TPSA) is 117 Å². The summed E-state index contributed by atoms with van der Waals surface area (Å²) in [5.74, 6) is 5.51. The average Bonchev–Trinajstić information content (AvgIpc) is 3.38. The molecule has 12 heteroatoms. The summed E-state index contributed by atoms with van der Waals surface area (Å²) >= 11 is 6.59. The maximum absolute atomic E-state index is 12.5. The number of aryl methyl sites for hydroxylation is 1. The third-order valence-corrected chi connectivity index (χ3v) is 10.1. The second-order valence-electron chi connectivity index (χ2n) is 11.5. The summed E-state index contributed by atoms with van der Waals surface area (Å²) in [7, 11) is -3.36. The number of carbonyl (C=O) groups is 1. The molecule has 0 radical (unpaired) electrons. The molecule has 0 bridgehead atoms. The van der Waals surface area contributed by atoms with Gasteiger partial charge in [-0.1, -0.05) is 35.6 Å². The van der Waals surface area contributed by atoms with Gasteiger partial charge in [-0.3, -0.25) is 14.4 Å². The molecule has 3 aliphatic rings. The molecular formula is C32H36ClN5O5S. The fourth-order valence-corrected chi connectivity index (χ4v) is 7.16. The zero-order valence-electron chi connectivity index (χ0n) is 24.7. The number of benzene rings is 2. The van der Waals surface area contributed by atoms with Gasteiger partial charge < -0.3 is 15.2 Å². The first kappa shape index (κ1) is 30.8. The van der Waals surface area contributed by atoms with Gasteiger partial charge in [-0.15, -0.1) is 0 Å². The second-order valence-corrected chi connectivity index (χ2v) is 13.9. The molecule has 1 aromatic heterocycles. The van der Waals surface area contributed by atoms with Gasteiger partial charge in [0.1, 0.15) is 6.04 Å². The lowest BCUT2D eigenvalue weighted by atomic mass is 9.92. The predicted molar refractivity (Wildman–Crippen MR) is 168 cm³/mol. The van der Waals surface area contributed by atoms with Crippen LogP contribution in [0.1, 0.15) is 46.0 Å². The first-order valence-electron chi connectivity index (χ1n) is 14.9. The minimum absolute atomic E-state index is 0.276. The van der Waals surface area contributed by atoms with Gasteiger partial charge in [-0.2, -0.15) is 9.40 Å². The molecule has 4 heterocycles. The fourth-order valence-electron chi connectivity index (χ4n) is 6.21. The summed E-state index contributed by atoms with van der Waals surface area (Å²) in [6.07, 6.45) is 3.52. The van der Waals surface area contributed by atoms with Crippen molar-refractivity contribution in [3.05, 3.63) is 74.9 Å². The Labute approximate surface area is 263 Å². The van der Waals surface area contributed by atoms with Gasteiger partial charge in [0.2, 0.25) is 10.0 Å². The Morgan fingerprint density at radius 2 is 1.93 bits per heavy atom. The normalized spacial score (nSPS) is 19.1. The fraction of sp³-hybridized carbons (Fsp3) is 0.438. The quantitative estimate of drug-likeness (QED) is 0.380. The maximum atomic E-state index is 12.5. The Morgan fingerprint density at radius 1 is 1.11 bits per heavy atom. The van der Waals surface area contributed by atoms with Crippen molar-refractivity contribution in [3.63, 3.8) is 0 Å². The summed E-state index contributed by atoms with van der Waals surface area (Å²) in [5.41, 5.74) is 6.74. The minimum atomic E-state index is -3.36. The van der Waals surface area contributed by atoms with Gasteiger partial charge in [-0.05, 0) is 48.2 Å². The standard InChI is InChI=1S/C32H36ClN5O5S/c1-44(41,42)37-14-10-29-27(21-37)30(35-38(29)13-2-12-36-15-17-43-18-16-36)25-6-8-28(33)24(20-25)5-3-22-4-7-26-23(19-22)9-11-34-31(26)32(39)40/h4,6-8,19-20,31,34H,2,9-18,21H2,1H3,(H,39,40). The number of sulfonamides is 1. The van der Waals surface area contributed by atoms with Crippen LogP contribution in [-0.2, 0) is 45.5 Å². The van der Waals surface area contributed by atoms with E-state index >= 15 is 0 Å². The number of morpholine rings is 1. The van der Waals surface area contributed by atoms with Crippen LogP contribution in [0.15, 0.2) is 36.4 Å².